The smallest absolute Gasteiger partial charge is 0.335 e. The molecule has 0 saturated heterocycles. The van der Waals surface area contributed by atoms with Crippen molar-refractivity contribution < 1.29 is 14.7 Å². The van der Waals surface area contributed by atoms with E-state index in [9.17, 15) is 14.7 Å². The molecule has 174 valence electrons. The van der Waals surface area contributed by atoms with Crippen molar-refractivity contribution in [3.8, 4) is 0 Å². The molecule has 1 unspecified atom stereocenters. The lowest BCUT2D eigenvalue weighted by atomic mass is 9.69. The molecule has 2 aliphatic rings. The van der Waals surface area contributed by atoms with Gasteiger partial charge in [-0.1, -0.05) is 62.5 Å². The molecule has 1 N–H and O–H groups in total. The van der Waals surface area contributed by atoms with Crippen LogP contribution < -0.4 is 0 Å². The number of carboxylic acids is 1. The van der Waals surface area contributed by atoms with E-state index in [0.717, 1.165) is 24.8 Å². The van der Waals surface area contributed by atoms with Crippen LogP contribution in [0.2, 0.25) is 10.0 Å². The zero-order valence-corrected chi connectivity index (χ0v) is 20.5. The third-order valence-corrected chi connectivity index (χ3v) is 7.35. The number of hydrogen-bond acceptors (Lipinski definition) is 3. The average Bonchev–Trinajstić information content (AvgIpc) is 2.99. The fraction of sp³-hybridized carbons (Fsp3) is 0.423. The summed E-state index contributed by atoms with van der Waals surface area (Å²) in [6.45, 7) is 6.95. The van der Waals surface area contributed by atoms with Gasteiger partial charge in [-0.2, -0.15) is 0 Å². The monoisotopic (exact) mass is 486 g/mol. The van der Waals surface area contributed by atoms with Crippen molar-refractivity contribution in [2.75, 3.05) is 0 Å². The van der Waals surface area contributed by atoms with Crippen molar-refractivity contribution in [2.45, 2.75) is 52.2 Å². The lowest BCUT2D eigenvalue weighted by Gasteiger charge is -2.49. The van der Waals surface area contributed by atoms with Crippen LogP contribution in [0, 0.1) is 17.8 Å². The Balaban J connectivity index is 1.81. The van der Waals surface area contributed by atoms with E-state index in [1.807, 2.05) is 4.90 Å². The SMILES string of the molecule is CC(C)[C@@H]1CC[C@@H](C)CC12N=C(c1cc(Cl)cc(Cl)c1)C(=O)N2Cc1ccc(C(=O)O)cc1. The number of hydrogen-bond donors (Lipinski definition) is 1. The van der Waals surface area contributed by atoms with Gasteiger partial charge in [-0.15, -0.1) is 0 Å². The van der Waals surface area contributed by atoms with Gasteiger partial charge >= 0.3 is 5.97 Å². The number of carboxylic acid groups (broad SMARTS) is 1. The predicted molar refractivity (Wildman–Crippen MR) is 131 cm³/mol. The van der Waals surface area contributed by atoms with Crippen molar-refractivity contribution >= 4 is 40.8 Å². The summed E-state index contributed by atoms with van der Waals surface area (Å²) in [5, 5.41) is 10.1. The average molecular weight is 487 g/mol. The van der Waals surface area contributed by atoms with Crippen molar-refractivity contribution in [1.29, 1.82) is 0 Å². The number of amides is 1. The first-order valence-electron chi connectivity index (χ1n) is 11.3. The first kappa shape index (κ1) is 23.8. The van der Waals surface area contributed by atoms with Crippen molar-refractivity contribution in [1.82, 2.24) is 4.90 Å². The Kier molecular flexibility index (Phi) is 6.56. The highest BCUT2D eigenvalue weighted by Gasteiger charge is 2.54. The van der Waals surface area contributed by atoms with E-state index < -0.39 is 11.6 Å². The van der Waals surface area contributed by atoms with Gasteiger partial charge in [-0.3, -0.25) is 9.79 Å². The molecule has 0 bridgehead atoms. The highest BCUT2D eigenvalue weighted by Crippen LogP contribution is 2.49. The molecule has 1 aliphatic carbocycles. The Morgan fingerprint density at radius 1 is 1.15 bits per heavy atom. The second-order valence-corrected chi connectivity index (χ2v) is 10.5. The van der Waals surface area contributed by atoms with Crippen LogP contribution in [0.3, 0.4) is 0 Å². The minimum atomic E-state index is -0.972. The molecule has 1 heterocycles. The maximum atomic E-state index is 13.9. The van der Waals surface area contributed by atoms with Gasteiger partial charge in [-0.05, 0) is 60.6 Å². The quantitative estimate of drug-likeness (QED) is 0.537. The van der Waals surface area contributed by atoms with Crippen LogP contribution in [-0.4, -0.2) is 33.3 Å². The lowest BCUT2D eigenvalue weighted by molar-refractivity contribution is -0.134. The number of benzene rings is 2. The van der Waals surface area contributed by atoms with Gasteiger partial charge in [0.25, 0.3) is 5.91 Å². The van der Waals surface area contributed by atoms with Gasteiger partial charge in [0.05, 0.1) is 5.56 Å². The molecular weight excluding hydrogens is 459 g/mol. The molecule has 33 heavy (non-hydrogen) atoms. The number of halogens is 2. The van der Waals surface area contributed by atoms with E-state index >= 15 is 0 Å². The summed E-state index contributed by atoms with van der Waals surface area (Å²) in [7, 11) is 0. The molecule has 1 aliphatic heterocycles. The second kappa shape index (κ2) is 9.11. The summed E-state index contributed by atoms with van der Waals surface area (Å²) in [5.74, 6) is -0.137. The third-order valence-electron chi connectivity index (χ3n) is 6.92. The van der Waals surface area contributed by atoms with Crippen LogP contribution in [-0.2, 0) is 11.3 Å². The summed E-state index contributed by atoms with van der Waals surface area (Å²) in [5.41, 5.74) is 1.45. The van der Waals surface area contributed by atoms with Crippen LogP contribution in [0.15, 0.2) is 47.5 Å². The van der Waals surface area contributed by atoms with Crippen molar-refractivity contribution in [3.05, 3.63) is 69.2 Å². The molecule has 0 radical (unpaired) electrons. The molecule has 5 nitrogen and oxygen atoms in total. The molecule has 2 aromatic rings. The van der Waals surface area contributed by atoms with Gasteiger partial charge in [0, 0.05) is 28.1 Å². The number of aliphatic imine (C=N–C) groups is 1. The third kappa shape index (κ3) is 4.53. The minimum Gasteiger partial charge on any atom is -0.478 e. The first-order valence-corrected chi connectivity index (χ1v) is 12.1. The van der Waals surface area contributed by atoms with Gasteiger partial charge in [0.15, 0.2) is 0 Å². The van der Waals surface area contributed by atoms with Gasteiger partial charge < -0.3 is 10.0 Å². The number of carbonyl (C=O) groups excluding carboxylic acids is 1. The molecule has 1 saturated carbocycles. The lowest BCUT2D eigenvalue weighted by Crippen LogP contribution is -2.55. The molecule has 7 heteroatoms. The largest absolute Gasteiger partial charge is 0.478 e. The molecule has 4 rings (SSSR count). The predicted octanol–water partition coefficient (Wildman–Crippen LogP) is 6.31. The van der Waals surface area contributed by atoms with E-state index in [4.69, 9.17) is 28.2 Å². The minimum absolute atomic E-state index is 0.143. The van der Waals surface area contributed by atoms with E-state index in [2.05, 4.69) is 20.8 Å². The Labute approximate surface area is 204 Å². The van der Waals surface area contributed by atoms with Crippen LogP contribution >= 0.6 is 23.2 Å². The summed E-state index contributed by atoms with van der Waals surface area (Å²) >= 11 is 12.5. The van der Waals surface area contributed by atoms with Crippen LogP contribution in [0.4, 0.5) is 0 Å². The summed E-state index contributed by atoms with van der Waals surface area (Å²) in [4.78, 5) is 32.2. The molecule has 1 fully saturated rings. The number of aromatic carboxylic acids is 1. The standard InChI is InChI=1S/C26H28Cl2N2O3/c1-15(2)22-9-4-16(3)13-26(22)29-23(19-10-20(27)12-21(28)11-19)24(31)30(26)14-17-5-7-18(8-6-17)25(32)33/h5-8,10-12,15-16,22H,4,9,13-14H2,1-3H3,(H,32,33)/t16-,22+,26?/m1/s1. The molecule has 1 spiro atoms. The highest BCUT2D eigenvalue weighted by atomic mass is 35.5. The van der Waals surface area contributed by atoms with E-state index in [1.165, 1.54) is 0 Å². The zero-order valence-electron chi connectivity index (χ0n) is 19.0. The Bertz CT molecular complexity index is 1090. The van der Waals surface area contributed by atoms with Gasteiger partial charge in [0.2, 0.25) is 0 Å². The van der Waals surface area contributed by atoms with Crippen molar-refractivity contribution in [2.24, 2.45) is 22.7 Å². The Morgan fingerprint density at radius 2 is 1.79 bits per heavy atom. The summed E-state index contributed by atoms with van der Waals surface area (Å²) in [6.07, 6.45) is 2.88. The number of nitrogens with zero attached hydrogens (tertiary/aromatic N) is 2. The molecule has 0 aromatic heterocycles. The number of rotatable bonds is 5. The fourth-order valence-electron chi connectivity index (χ4n) is 5.40. The summed E-state index contributed by atoms with van der Waals surface area (Å²) < 4.78 is 0. The number of carbonyl (C=O) groups is 2. The molecular formula is C26H28Cl2N2O3. The maximum Gasteiger partial charge on any atom is 0.335 e. The highest BCUT2D eigenvalue weighted by molar-refractivity contribution is 6.47. The maximum absolute atomic E-state index is 13.9. The van der Waals surface area contributed by atoms with E-state index in [1.54, 1.807) is 42.5 Å². The van der Waals surface area contributed by atoms with Crippen LogP contribution in [0.5, 0.6) is 0 Å². The van der Waals surface area contributed by atoms with Gasteiger partial charge in [0.1, 0.15) is 11.4 Å². The zero-order chi connectivity index (χ0) is 23.9. The topological polar surface area (TPSA) is 70.0 Å². The van der Waals surface area contributed by atoms with Crippen LogP contribution in [0.25, 0.3) is 0 Å². The van der Waals surface area contributed by atoms with Crippen molar-refractivity contribution in [3.63, 3.8) is 0 Å². The normalized spacial score (nSPS) is 25.1. The fourth-order valence-corrected chi connectivity index (χ4v) is 5.92. The van der Waals surface area contributed by atoms with E-state index in [-0.39, 0.29) is 17.4 Å². The Hall–Kier alpha value is -2.37. The Morgan fingerprint density at radius 3 is 2.36 bits per heavy atom. The first-order chi connectivity index (χ1) is 15.6. The summed E-state index contributed by atoms with van der Waals surface area (Å²) in [6, 6.07) is 11.8. The molecule has 2 aromatic carbocycles. The molecule has 3 atom stereocenters. The van der Waals surface area contributed by atoms with Gasteiger partial charge in [-0.25, -0.2) is 4.79 Å². The van der Waals surface area contributed by atoms with E-state index in [0.29, 0.717) is 39.7 Å². The molecule has 1 amide bonds. The van der Waals surface area contributed by atoms with Crippen LogP contribution in [0.1, 0.15) is 61.5 Å². The second-order valence-electron chi connectivity index (χ2n) is 9.63.